The Morgan fingerprint density at radius 2 is 2.18 bits per heavy atom. The highest BCUT2D eigenvalue weighted by Crippen LogP contribution is 2.19. The third-order valence-corrected chi connectivity index (χ3v) is 2.73. The van der Waals surface area contributed by atoms with Crippen molar-refractivity contribution in [3.8, 4) is 0 Å². The summed E-state index contributed by atoms with van der Waals surface area (Å²) in [7, 11) is 0. The molecular formula is C12H18N4O. The van der Waals surface area contributed by atoms with Crippen LogP contribution in [-0.2, 0) is 0 Å². The maximum Gasteiger partial charge on any atom is 0.157 e. The Morgan fingerprint density at radius 3 is 2.88 bits per heavy atom. The molecule has 17 heavy (non-hydrogen) atoms. The first kappa shape index (κ1) is 11.9. The summed E-state index contributed by atoms with van der Waals surface area (Å²) in [6, 6.07) is 4.01. The van der Waals surface area contributed by atoms with Crippen molar-refractivity contribution in [2.24, 2.45) is 0 Å². The monoisotopic (exact) mass is 234 g/mol. The van der Waals surface area contributed by atoms with Crippen LogP contribution in [0.2, 0.25) is 0 Å². The normalized spacial score (nSPS) is 12.0. The number of nitrogens with zero attached hydrogens (tertiary/aromatic N) is 3. The van der Waals surface area contributed by atoms with Crippen LogP contribution in [0.3, 0.4) is 0 Å². The lowest BCUT2D eigenvalue weighted by atomic mass is 10.0. The van der Waals surface area contributed by atoms with Crippen LogP contribution in [-0.4, -0.2) is 31.9 Å². The highest BCUT2D eigenvalue weighted by atomic mass is 16.3. The van der Waals surface area contributed by atoms with Crippen molar-refractivity contribution in [3.05, 3.63) is 24.0 Å². The van der Waals surface area contributed by atoms with Gasteiger partial charge in [0.15, 0.2) is 5.65 Å². The third-order valence-electron chi connectivity index (χ3n) is 2.73. The highest BCUT2D eigenvalue weighted by molar-refractivity contribution is 5.52. The van der Waals surface area contributed by atoms with Gasteiger partial charge in [-0.3, -0.25) is 0 Å². The molecule has 92 valence electrons. The maximum atomic E-state index is 9.03. The van der Waals surface area contributed by atoms with Gasteiger partial charge in [0.2, 0.25) is 0 Å². The van der Waals surface area contributed by atoms with Crippen molar-refractivity contribution < 1.29 is 5.11 Å². The quantitative estimate of drug-likeness (QED) is 0.843. The van der Waals surface area contributed by atoms with Crippen LogP contribution in [0.25, 0.3) is 5.65 Å². The van der Waals surface area contributed by atoms with Crippen LogP contribution >= 0.6 is 0 Å². The molecule has 0 radical (unpaired) electrons. The molecule has 2 aromatic rings. The van der Waals surface area contributed by atoms with E-state index in [2.05, 4.69) is 15.4 Å². The van der Waals surface area contributed by atoms with Gasteiger partial charge in [0.25, 0.3) is 0 Å². The number of aromatic nitrogens is 3. The largest absolute Gasteiger partial charge is 0.396 e. The lowest BCUT2D eigenvalue weighted by Crippen LogP contribution is -2.33. The van der Waals surface area contributed by atoms with Gasteiger partial charge in [0.1, 0.15) is 12.1 Å². The molecule has 0 atom stereocenters. The number of aliphatic hydroxyl groups is 1. The van der Waals surface area contributed by atoms with E-state index >= 15 is 0 Å². The molecule has 0 aliphatic rings. The van der Waals surface area contributed by atoms with E-state index in [1.165, 1.54) is 0 Å². The van der Waals surface area contributed by atoms with Gasteiger partial charge in [-0.1, -0.05) is 0 Å². The second-order valence-corrected chi connectivity index (χ2v) is 4.93. The van der Waals surface area contributed by atoms with Crippen LogP contribution in [0.15, 0.2) is 18.5 Å². The van der Waals surface area contributed by atoms with Crippen LogP contribution in [0.5, 0.6) is 0 Å². The lowest BCUT2D eigenvalue weighted by molar-refractivity contribution is 0.260. The molecule has 2 aromatic heterocycles. The topological polar surface area (TPSA) is 62.5 Å². The van der Waals surface area contributed by atoms with E-state index in [1.54, 1.807) is 10.8 Å². The summed E-state index contributed by atoms with van der Waals surface area (Å²) in [4.78, 5) is 4.18. The molecule has 0 unspecified atom stereocenters. The fraction of sp³-hybridized carbons (Fsp3) is 0.500. The SMILES string of the molecule is Cc1cc(NC(C)(C)CCO)n2ncnc2c1. The van der Waals surface area contributed by atoms with Crippen LogP contribution < -0.4 is 5.32 Å². The van der Waals surface area contributed by atoms with Crippen LogP contribution in [0.4, 0.5) is 5.82 Å². The van der Waals surface area contributed by atoms with E-state index in [1.807, 2.05) is 32.9 Å². The molecule has 0 aliphatic heterocycles. The summed E-state index contributed by atoms with van der Waals surface area (Å²) in [5.74, 6) is 0.899. The maximum absolute atomic E-state index is 9.03. The zero-order valence-corrected chi connectivity index (χ0v) is 10.4. The fourth-order valence-electron chi connectivity index (χ4n) is 1.83. The Hall–Kier alpha value is -1.62. The minimum atomic E-state index is -0.179. The first-order valence-electron chi connectivity index (χ1n) is 5.71. The molecule has 0 saturated carbocycles. The van der Waals surface area contributed by atoms with Crippen LogP contribution in [0.1, 0.15) is 25.8 Å². The molecule has 0 aliphatic carbocycles. The van der Waals surface area contributed by atoms with Crippen molar-refractivity contribution in [1.82, 2.24) is 14.6 Å². The smallest absolute Gasteiger partial charge is 0.157 e. The summed E-state index contributed by atoms with van der Waals surface area (Å²) in [6.45, 7) is 6.29. The number of anilines is 1. The average molecular weight is 234 g/mol. The minimum absolute atomic E-state index is 0.159. The van der Waals surface area contributed by atoms with Crippen LogP contribution in [0, 0.1) is 6.92 Å². The predicted octanol–water partition coefficient (Wildman–Crippen LogP) is 1.61. The molecule has 0 saturated heterocycles. The van der Waals surface area contributed by atoms with Gasteiger partial charge in [-0.25, -0.2) is 4.98 Å². The Morgan fingerprint density at radius 1 is 1.41 bits per heavy atom. The number of hydrogen-bond acceptors (Lipinski definition) is 4. The van der Waals surface area contributed by atoms with Crippen molar-refractivity contribution in [3.63, 3.8) is 0 Å². The van der Waals surface area contributed by atoms with Gasteiger partial charge >= 0.3 is 0 Å². The minimum Gasteiger partial charge on any atom is -0.396 e. The van der Waals surface area contributed by atoms with E-state index in [9.17, 15) is 0 Å². The van der Waals surface area contributed by atoms with E-state index < -0.39 is 0 Å². The van der Waals surface area contributed by atoms with E-state index in [4.69, 9.17) is 5.11 Å². The average Bonchev–Trinajstić information content (AvgIpc) is 2.64. The van der Waals surface area contributed by atoms with E-state index in [0.717, 1.165) is 17.0 Å². The molecule has 0 spiro atoms. The first-order valence-corrected chi connectivity index (χ1v) is 5.71. The zero-order chi connectivity index (χ0) is 12.5. The number of hydrogen-bond donors (Lipinski definition) is 2. The van der Waals surface area contributed by atoms with Gasteiger partial charge in [0, 0.05) is 12.1 Å². The van der Waals surface area contributed by atoms with Crippen molar-refractivity contribution in [2.75, 3.05) is 11.9 Å². The number of aliphatic hydroxyl groups excluding tert-OH is 1. The molecule has 0 amide bonds. The summed E-state index contributed by atoms with van der Waals surface area (Å²) in [6.07, 6.45) is 2.22. The Bertz CT molecular complexity index is 518. The molecular weight excluding hydrogens is 216 g/mol. The fourth-order valence-corrected chi connectivity index (χ4v) is 1.83. The molecule has 2 heterocycles. The second-order valence-electron chi connectivity index (χ2n) is 4.93. The molecule has 5 nitrogen and oxygen atoms in total. The summed E-state index contributed by atoms with van der Waals surface area (Å²) in [5.41, 5.74) is 1.78. The Labute approximate surface area is 100 Å². The lowest BCUT2D eigenvalue weighted by Gasteiger charge is -2.26. The van der Waals surface area contributed by atoms with Crippen molar-refractivity contribution in [2.45, 2.75) is 32.7 Å². The Balaban J connectivity index is 2.37. The molecule has 0 fully saturated rings. The molecule has 2 rings (SSSR count). The molecule has 0 aromatic carbocycles. The summed E-state index contributed by atoms with van der Waals surface area (Å²) in [5, 5.41) is 16.6. The van der Waals surface area contributed by atoms with Gasteiger partial charge in [-0.15, -0.1) is 0 Å². The van der Waals surface area contributed by atoms with Gasteiger partial charge in [0.05, 0.1) is 0 Å². The number of pyridine rings is 1. The number of aryl methyl sites for hydroxylation is 1. The van der Waals surface area contributed by atoms with Crippen molar-refractivity contribution >= 4 is 11.5 Å². The molecule has 2 N–H and O–H groups in total. The van der Waals surface area contributed by atoms with Gasteiger partial charge in [-0.2, -0.15) is 9.61 Å². The van der Waals surface area contributed by atoms with Crippen molar-refractivity contribution in [1.29, 1.82) is 0 Å². The third kappa shape index (κ3) is 2.55. The van der Waals surface area contributed by atoms with Gasteiger partial charge in [-0.05, 0) is 44.9 Å². The number of fused-ring (bicyclic) bond motifs is 1. The van der Waals surface area contributed by atoms with Gasteiger partial charge < -0.3 is 10.4 Å². The molecule has 5 heteroatoms. The highest BCUT2D eigenvalue weighted by Gasteiger charge is 2.18. The zero-order valence-electron chi connectivity index (χ0n) is 10.4. The predicted molar refractivity (Wildman–Crippen MR) is 67.1 cm³/mol. The van der Waals surface area contributed by atoms with E-state index in [-0.39, 0.29) is 12.1 Å². The summed E-state index contributed by atoms with van der Waals surface area (Å²) < 4.78 is 1.77. The number of rotatable bonds is 4. The summed E-state index contributed by atoms with van der Waals surface area (Å²) >= 11 is 0. The standard InChI is InChI=1S/C12H18N4O/c1-9-6-10-13-8-14-16(10)11(7-9)15-12(2,3)4-5-17/h6-8,15,17H,4-5H2,1-3H3. The second kappa shape index (κ2) is 4.33. The van der Waals surface area contributed by atoms with E-state index in [0.29, 0.717) is 6.42 Å². The number of nitrogens with one attached hydrogen (secondary N) is 1. The first-order chi connectivity index (χ1) is 8.02. The molecule has 0 bridgehead atoms. The Kier molecular flexibility index (Phi) is 3.02.